The van der Waals surface area contributed by atoms with Crippen LogP contribution in [0.5, 0.6) is 5.75 Å². The van der Waals surface area contributed by atoms with Crippen molar-refractivity contribution < 1.29 is 9.53 Å². The molecule has 1 atom stereocenters. The number of amides is 1. The van der Waals surface area contributed by atoms with Crippen LogP contribution in [0.1, 0.15) is 38.9 Å². The molecule has 5 aromatic rings. The summed E-state index contributed by atoms with van der Waals surface area (Å²) in [5.74, 6) is 0.610. The Balaban J connectivity index is 1.56. The number of anilines is 2. The molecule has 0 saturated heterocycles. The first-order valence-corrected chi connectivity index (χ1v) is 11.8. The van der Waals surface area contributed by atoms with E-state index < -0.39 is 0 Å². The maximum atomic E-state index is 12.9. The molecule has 36 heavy (non-hydrogen) atoms. The molecular weight excluding hydrogens is 448 g/mol. The molecule has 0 radical (unpaired) electrons. The SMILES string of the molecule is COc1ccccc1N[C@@H](c1ccccn1)c1c(C)[nH]c2ccc(NC(=O)c3ccc(C)cc3)cc12. The van der Waals surface area contributed by atoms with Gasteiger partial charge in [0.25, 0.3) is 5.91 Å². The van der Waals surface area contributed by atoms with Crippen LogP contribution < -0.4 is 15.4 Å². The van der Waals surface area contributed by atoms with Crippen molar-refractivity contribution in [2.45, 2.75) is 19.9 Å². The van der Waals surface area contributed by atoms with Gasteiger partial charge in [-0.1, -0.05) is 35.9 Å². The molecule has 6 heteroatoms. The summed E-state index contributed by atoms with van der Waals surface area (Å²) in [6, 6.07) is 27.0. The summed E-state index contributed by atoms with van der Waals surface area (Å²) in [5, 5.41) is 7.70. The van der Waals surface area contributed by atoms with Crippen LogP contribution in [0.4, 0.5) is 11.4 Å². The fraction of sp³-hybridized carbons (Fsp3) is 0.133. The number of nitrogens with one attached hydrogen (secondary N) is 3. The number of aromatic nitrogens is 2. The number of benzene rings is 3. The van der Waals surface area contributed by atoms with Gasteiger partial charge in [0.05, 0.1) is 24.5 Å². The quantitative estimate of drug-likeness (QED) is 0.246. The summed E-state index contributed by atoms with van der Waals surface area (Å²) in [6.45, 7) is 4.06. The first-order chi connectivity index (χ1) is 17.5. The fourth-order valence-corrected chi connectivity index (χ4v) is 4.47. The van der Waals surface area contributed by atoms with E-state index in [0.717, 1.165) is 50.5 Å². The molecule has 0 aliphatic heterocycles. The van der Waals surface area contributed by atoms with E-state index in [1.165, 1.54) is 0 Å². The zero-order chi connectivity index (χ0) is 25.1. The van der Waals surface area contributed by atoms with Gasteiger partial charge in [-0.15, -0.1) is 0 Å². The van der Waals surface area contributed by atoms with Crippen LogP contribution in [0.15, 0.2) is 91.1 Å². The van der Waals surface area contributed by atoms with E-state index in [0.29, 0.717) is 5.56 Å². The largest absolute Gasteiger partial charge is 0.495 e. The average molecular weight is 477 g/mol. The van der Waals surface area contributed by atoms with Crippen LogP contribution in [0, 0.1) is 13.8 Å². The number of hydrogen-bond acceptors (Lipinski definition) is 4. The molecule has 0 aliphatic carbocycles. The Morgan fingerprint density at radius 2 is 1.72 bits per heavy atom. The Morgan fingerprint density at radius 3 is 2.47 bits per heavy atom. The smallest absolute Gasteiger partial charge is 0.255 e. The second kappa shape index (κ2) is 9.96. The summed E-state index contributed by atoms with van der Waals surface area (Å²) < 4.78 is 5.59. The van der Waals surface area contributed by atoms with Gasteiger partial charge in [-0.3, -0.25) is 9.78 Å². The normalized spacial score (nSPS) is 11.8. The Labute approximate surface area is 210 Å². The molecule has 5 rings (SSSR count). The van der Waals surface area contributed by atoms with Gasteiger partial charge in [-0.2, -0.15) is 0 Å². The maximum absolute atomic E-state index is 12.9. The zero-order valence-corrected chi connectivity index (χ0v) is 20.5. The van der Waals surface area contributed by atoms with Crippen LogP contribution in [-0.2, 0) is 0 Å². The van der Waals surface area contributed by atoms with Crippen molar-refractivity contribution in [1.29, 1.82) is 0 Å². The lowest BCUT2D eigenvalue weighted by Gasteiger charge is -2.22. The minimum Gasteiger partial charge on any atom is -0.495 e. The predicted octanol–water partition coefficient (Wildman–Crippen LogP) is 6.64. The molecule has 0 saturated carbocycles. The van der Waals surface area contributed by atoms with E-state index in [9.17, 15) is 4.79 Å². The molecule has 3 N–H and O–H groups in total. The lowest BCUT2D eigenvalue weighted by Crippen LogP contribution is -2.15. The number of aromatic amines is 1. The average Bonchev–Trinajstić information content (AvgIpc) is 3.23. The second-order valence-electron chi connectivity index (χ2n) is 8.78. The van der Waals surface area contributed by atoms with Crippen molar-refractivity contribution in [2.75, 3.05) is 17.7 Å². The topological polar surface area (TPSA) is 79.0 Å². The van der Waals surface area contributed by atoms with E-state index in [2.05, 4.69) is 27.5 Å². The van der Waals surface area contributed by atoms with Gasteiger partial charge in [0.1, 0.15) is 5.75 Å². The Hall–Kier alpha value is -4.58. The van der Waals surface area contributed by atoms with Crippen molar-refractivity contribution >= 4 is 28.2 Å². The molecule has 0 aliphatic rings. The monoisotopic (exact) mass is 476 g/mol. The molecule has 0 fully saturated rings. The molecule has 1 amide bonds. The zero-order valence-electron chi connectivity index (χ0n) is 20.5. The van der Waals surface area contributed by atoms with Gasteiger partial charge < -0.3 is 20.4 Å². The Morgan fingerprint density at radius 1 is 0.944 bits per heavy atom. The van der Waals surface area contributed by atoms with Gasteiger partial charge in [0.15, 0.2) is 0 Å². The van der Waals surface area contributed by atoms with Gasteiger partial charge in [-0.05, 0) is 68.4 Å². The summed E-state index contributed by atoms with van der Waals surface area (Å²) >= 11 is 0. The van der Waals surface area contributed by atoms with Crippen LogP contribution in [0.3, 0.4) is 0 Å². The maximum Gasteiger partial charge on any atom is 0.255 e. The molecule has 6 nitrogen and oxygen atoms in total. The lowest BCUT2D eigenvalue weighted by atomic mass is 9.98. The molecule has 2 aromatic heterocycles. The highest BCUT2D eigenvalue weighted by Crippen LogP contribution is 2.37. The van der Waals surface area contributed by atoms with Crippen molar-refractivity contribution in [2.24, 2.45) is 0 Å². The summed E-state index contributed by atoms with van der Waals surface area (Å²) in [6.07, 6.45) is 1.80. The number of hydrogen-bond donors (Lipinski definition) is 3. The molecule has 0 unspecified atom stereocenters. The number of carbonyl (C=O) groups is 1. The van der Waals surface area contributed by atoms with Crippen LogP contribution in [0.2, 0.25) is 0 Å². The minimum absolute atomic E-state index is 0.142. The van der Waals surface area contributed by atoms with Crippen molar-refractivity contribution in [1.82, 2.24) is 9.97 Å². The van der Waals surface area contributed by atoms with Crippen LogP contribution in [-0.4, -0.2) is 23.0 Å². The number of ether oxygens (including phenoxy) is 1. The molecule has 180 valence electrons. The third-order valence-electron chi connectivity index (χ3n) is 6.29. The third kappa shape index (κ3) is 4.66. The number of H-pyrrole nitrogens is 1. The highest BCUT2D eigenvalue weighted by Gasteiger charge is 2.23. The number of para-hydroxylation sites is 2. The van der Waals surface area contributed by atoms with Gasteiger partial charge in [-0.25, -0.2) is 0 Å². The first-order valence-electron chi connectivity index (χ1n) is 11.8. The highest BCUT2D eigenvalue weighted by molar-refractivity contribution is 6.05. The third-order valence-corrected chi connectivity index (χ3v) is 6.29. The summed E-state index contributed by atoms with van der Waals surface area (Å²) in [7, 11) is 1.66. The van der Waals surface area contributed by atoms with E-state index in [1.54, 1.807) is 13.3 Å². The molecule has 0 spiro atoms. The number of fused-ring (bicyclic) bond motifs is 1. The lowest BCUT2D eigenvalue weighted by molar-refractivity contribution is 0.102. The Kier molecular flexibility index (Phi) is 6.41. The number of rotatable bonds is 7. The van der Waals surface area contributed by atoms with E-state index >= 15 is 0 Å². The summed E-state index contributed by atoms with van der Waals surface area (Å²) in [4.78, 5) is 21.0. The van der Waals surface area contributed by atoms with Gasteiger partial charge in [0, 0.05) is 39.6 Å². The standard InChI is InChI=1S/C30H28N4O2/c1-19-11-13-21(14-12-19)30(35)33-22-15-16-24-23(18-22)28(20(2)32-24)29(26-9-6-7-17-31-26)34-25-8-4-5-10-27(25)36-3/h4-18,29,32,34H,1-3H3,(H,33,35)/t29-/m0/s1. The highest BCUT2D eigenvalue weighted by atomic mass is 16.5. The number of carbonyl (C=O) groups excluding carboxylic acids is 1. The first kappa shape index (κ1) is 23.2. The van der Waals surface area contributed by atoms with Gasteiger partial charge >= 0.3 is 0 Å². The minimum atomic E-state index is -0.251. The number of nitrogens with zero attached hydrogens (tertiary/aromatic N) is 1. The molecule has 2 heterocycles. The molecular formula is C30H28N4O2. The van der Waals surface area contributed by atoms with E-state index in [1.807, 2.05) is 91.9 Å². The Bertz CT molecular complexity index is 1510. The predicted molar refractivity (Wildman–Crippen MR) is 145 cm³/mol. The second-order valence-corrected chi connectivity index (χ2v) is 8.78. The number of methoxy groups -OCH3 is 1. The molecule has 0 bridgehead atoms. The number of aryl methyl sites for hydroxylation is 2. The number of pyridine rings is 1. The summed E-state index contributed by atoms with van der Waals surface area (Å²) in [5.41, 5.74) is 7.27. The van der Waals surface area contributed by atoms with E-state index in [-0.39, 0.29) is 11.9 Å². The van der Waals surface area contributed by atoms with E-state index in [4.69, 9.17) is 4.74 Å². The van der Waals surface area contributed by atoms with Crippen LogP contribution in [0.25, 0.3) is 10.9 Å². The van der Waals surface area contributed by atoms with Crippen molar-refractivity contribution in [3.63, 3.8) is 0 Å². The molecule has 3 aromatic carbocycles. The van der Waals surface area contributed by atoms with Gasteiger partial charge in [0.2, 0.25) is 0 Å². The van der Waals surface area contributed by atoms with Crippen LogP contribution >= 0.6 is 0 Å². The van der Waals surface area contributed by atoms with Crippen molar-refractivity contribution in [3.8, 4) is 5.75 Å². The van der Waals surface area contributed by atoms with Crippen molar-refractivity contribution in [3.05, 3.63) is 119 Å². The fourth-order valence-electron chi connectivity index (χ4n) is 4.47.